The van der Waals surface area contributed by atoms with Gasteiger partial charge in [0.25, 0.3) is 10.0 Å². The minimum Gasteiger partial charge on any atom is -0.335 e. The van der Waals surface area contributed by atoms with Crippen molar-refractivity contribution in [2.24, 2.45) is 0 Å². The molecule has 2 aromatic rings. The molecule has 144 valence electrons. The van der Waals surface area contributed by atoms with E-state index in [1.165, 1.54) is 24.2 Å². The van der Waals surface area contributed by atoms with E-state index < -0.39 is 16.1 Å². The maximum absolute atomic E-state index is 12.7. The zero-order chi connectivity index (χ0) is 19.3. The summed E-state index contributed by atoms with van der Waals surface area (Å²) < 4.78 is 27.6. The van der Waals surface area contributed by atoms with Gasteiger partial charge in [0.05, 0.1) is 0 Å². The monoisotopic (exact) mass is 405 g/mol. The fraction of sp³-hybridized carbons (Fsp3) is 0.368. The number of hydrogen-bond donors (Lipinski definition) is 2. The van der Waals surface area contributed by atoms with E-state index >= 15 is 0 Å². The molecule has 0 aliphatic heterocycles. The smallest absolute Gasteiger partial charge is 0.328 e. The second-order valence-corrected chi connectivity index (χ2v) is 9.42. The highest BCUT2D eigenvalue weighted by Crippen LogP contribution is 2.32. The number of benzene rings is 1. The molecule has 6 nitrogen and oxygen atoms in total. The van der Waals surface area contributed by atoms with E-state index in [0.717, 1.165) is 42.6 Å². The third-order valence-corrected chi connectivity index (χ3v) is 7.02. The third kappa shape index (κ3) is 5.46. The number of nitrogens with one attached hydrogen (secondary N) is 2. The average molecular weight is 406 g/mol. The van der Waals surface area contributed by atoms with Gasteiger partial charge in [-0.2, -0.15) is 0 Å². The molecular weight excluding hydrogens is 382 g/mol. The van der Waals surface area contributed by atoms with Gasteiger partial charge in [0.15, 0.2) is 0 Å². The van der Waals surface area contributed by atoms with Crippen LogP contribution in [0, 0.1) is 6.92 Å². The Kier molecular flexibility index (Phi) is 6.38. The number of aryl methyl sites for hydroxylation is 1. The highest BCUT2D eigenvalue weighted by Gasteiger charge is 2.24. The fourth-order valence-electron chi connectivity index (χ4n) is 3.03. The molecule has 0 unspecified atom stereocenters. The number of nitrogens with zero attached hydrogens (tertiary/aromatic N) is 1. The molecule has 0 saturated heterocycles. The molecule has 0 atom stereocenters. The normalized spacial score (nSPS) is 15.3. The van der Waals surface area contributed by atoms with Crippen molar-refractivity contribution >= 4 is 27.8 Å². The van der Waals surface area contributed by atoms with Gasteiger partial charge in [-0.05, 0) is 38.0 Å². The Labute approximate surface area is 164 Å². The predicted octanol–water partition coefficient (Wildman–Crippen LogP) is 3.86. The van der Waals surface area contributed by atoms with Gasteiger partial charge in [0.2, 0.25) is 0 Å². The summed E-state index contributed by atoms with van der Waals surface area (Å²) in [5, 5.41) is 2.76. The van der Waals surface area contributed by atoms with E-state index in [9.17, 15) is 13.2 Å². The van der Waals surface area contributed by atoms with Gasteiger partial charge in [-0.3, -0.25) is 4.98 Å². The van der Waals surface area contributed by atoms with E-state index in [2.05, 4.69) is 15.0 Å². The minimum atomic E-state index is -4.01. The molecule has 1 saturated carbocycles. The number of amides is 2. The average Bonchev–Trinajstić information content (AvgIpc) is 2.64. The summed E-state index contributed by atoms with van der Waals surface area (Å²) in [5.74, 6) is 0. The second kappa shape index (κ2) is 8.75. The van der Waals surface area contributed by atoms with Crippen molar-refractivity contribution in [3.63, 3.8) is 0 Å². The van der Waals surface area contributed by atoms with Crippen LogP contribution in [0.15, 0.2) is 57.4 Å². The third-order valence-electron chi connectivity index (χ3n) is 4.45. The number of sulfonamides is 1. The summed E-state index contributed by atoms with van der Waals surface area (Å²) in [6.07, 6.45) is 7.84. The topological polar surface area (TPSA) is 88.2 Å². The van der Waals surface area contributed by atoms with Gasteiger partial charge >= 0.3 is 6.03 Å². The molecular formula is C19H23N3O3S2. The Morgan fingerprint density at radius 3 is 2.52 bits per heavy atom. The lowest BCUT2D eigenvalue weighted by Gasteiger charge is -2.22. The molecule has 27 heavy (non-hydrogen) atoms. The van der Waals surface area contributed by atoms with Crippen LogP contribution < -0.4 is 10.0 Å². The summed E-state index contributed by atoms with van der Waals surface area (Å²) in [4.78, 5) is 17.5. The van der Waals surface area contributed by atoms with Crippen molar-refractivity contribution in [3.8, 4) is 0 Å². The van der Waals surface area contributed by atoms with Crippen molar-refractivity contribution in [2.45, 2.75) is 59.8 Å². The van der Waals surface area contributed by atoms with Crippen molar-refractivity contribution in [1.82, 2.24) is 15.0 Å². The largest absolute Gasteiger partial charge is 0.335 e. The van der Waals surface area contributed by atoms with Crippen LogP contribution >= 0.6 is 11.8 Å². The van der Waals surface area contributed by atoms with Gasteiger partial charge in [0, 0.05) is 28.2 Å². The van der Waals surface area contributed by atoms with Crippen LogP contribution in [0.2, 0.25) is 0 Å². The highest BCUT2D eigenvalue weighted by atomic mass is 32.2. The first-order chi connectivity index (χ1) is 12.9. The number of rotatable bonds is 5. The summed E-state index contributed by atoms with van der Waals surface area (Å²) in [5.41, 5.74) is 1.13. The first kappa shape index (κ1) is 19.7. The SMILES string of the molecule is Cc1ccc(Sc2ccncc2S(=O)(=O)NC(=O)NC2CCCCC2)cc1. The number of pyridine rings is 1. The van der Waals surface area contributed by atoms with E-state index in [1.807, 2.05) is 31.2 Å². The molecule has 0 radical (unpaired) electrons. The summed E-state index contributed by atoms with van der Waals surface area (Å²) in [6.45, 7) is 1.99. The van der Waals surface area contributed by atoms with Crippen LogP contribution in [0.3, 0.4) is 0 Å². The van der Waals surface area contributed by atoms with Gasteiger partial charge < -0.3 is 5.32 Å². The summed E-state index contributed by atoms with van der Waals surface area (Å²) in [7, 11) is -4.01. The summed E-state index contributed by atoms with van der Waals surface area (Å²) in [6, 6.07) is 8.78. The van der Waals surface area contributed by atoms with Crippen molar-refractivity contribution in [1.29, 1.82) is 0 Å². The minimum absolute atomic E-state index is 0.00521. The Morgan fingerprint density at radius 2 is 1.81 bits per heavy atom. The molecule has 1 aromatic carbocycles. The predicted molar refractivity (Wildman–Crippen MR) is 105 cm³/mol. The maximum Gasteiger partial charge on any atom is 0.328 e. The Balaban J connectivity index is 1.73. The number of urea groups is 1. The van der Waals surface area contributed by atoms with Crippen LogP contribution in [-0.4, -0.2) is 25.5 Å². The highest BCUT2D eigenvalue weighted by molar-refractivity contribution is 8.00. The lowest BCUT2D eigenvalue weighted by molar-refractivity contribution is 0.237. The van der Waals surface area contributed by atoms with Crippen LogP contribution in [-0.2, 0) is 10.0 Å². The second-order valence-electron chi connectivity index (χ2n) is 6.65. The van der Waals surface area contributed by atoms with Gasteiger partial charge in [-0.25, -0.2) is 17.9 Å². The number of carbonyl (C=O) groups excluding carboxylic acids is 1. The molecule has 2 amide bonds. The van der Waals surface area contributed by atoms with Crippen LogP contribution in [0.4, 0.5) is 4.79 Å². The van der Waals surface area contributed by atoms with E-state index in [1.54, 1.807) is 6.07 Å². The zero-order valence-electron chi connectivity index (χ0n) is 15.1. The first-order valence-electron chi connectivity index (χ1n) is 8.96. The molecule has 1 heterocycles. The van der Waals surface area contributed by atoms with Crippen LogP contribution in [0.5, 0.6) is 0 Å². The summed E-state index contributed by atoms with van der Waals surface area (Å²) >= 11 is 1.32. The maximum atomic E-state index is 12.7. The lowest BCUT2D eigenvalue weighted by Crippen LogP contribution is -2.45. The first-order valence-corrected chi connectivity index (χ1v) is 11.3. The lowest BCUT2D eigenvalue weighted by atomic mass is 9.96. The molecule has 2 N–H and O–H groups in total. The molecule has 1 aliphatic carbocycles. The molecule has 3 rings (SSSR count). The quantitative estimate of drug-likeness (QED) is 0.788. The van der Waals surface area contributed by atoms with Gasteiger partial charge in [-0.1, -0.05) is 48.7 Å². The molecule has 0 bridgehead atoms. The van der Waals surface area contributed by atoms with Crippen LogP contribution in [0.1, 0.15) is 37.7 Å². The Bertz CT molecular complexity index is 893. The molecule has 1 aliphatic rings. The standard InChI is InChI=1S/C19H23N3O3S2/c1-14-7-9-16(10-8-14)26-17-11-12-20-13-18(17)27(24,25)22-19(23)21-15-5-3-2-4-6-15/h7-13,15H,2-6H2,1H3,(H2,21,22,23). The van der Waals surface area contributed by atoms with Crippen molar-refractivity contribution in [2.75, 3.05) is 0 Å². The van der Waals surface area contributed by atoms with Crippen molar-refractivity contribution < 1.29 is 13.2 Å². The molecule has 1 fully saturated rings. The van der Waals surface area contributed by atoms with E-state index in [0.29, 0.717) is 4.90 Å². The van der Waals surface area contributed by atoms with Crippen LogP contribution in [0.25, 0.3) is 0 Å². The fourth-order valence-corrected chi connectivity index (χ4v) is 5.23. The number of carbonyl (C=O) groups is 1. The Hall–Kier alpha value is -2.06. The number of aromatic nitrogens is 1. The van der Waals surface area contributed by atoms with Gasteiger partial charge in [0.1, 0.15) is 4.90 Å². The molecule has 1 aromatic heterocycles. The molecule has 8 heteroatoms. The molecule has 0 spiro atoms. The number of hydrogen-bond acceptors (Lipinski definition) is 5. The van der Waals surface area contributed by atoms with Crippen molar-refractivity contribution in [3.05, 3.63) is 48.3 Å². The van der Waals surface area contributed by atoms with Gasteiger partial charge in [-0.15, -0.1) is 0 Å². The van der Waals surface area contributed by atoms with E-state index in [-0.39, 0.29) is 10.9 Å². The van der Waals surface area contributed by atoms with E-state index in [4.69, 9.17) is 0 Å². The zero-order valence-corrected chi connectivity index (χ0v) is 16.8. The Morgan fingerprint density at radius 1 is 1.11 bits per heavy atom.